The van der Waals surface area contributed by atoms with Crippen LogP contribution in [0, 0.1) is 56.7 Å². The van der Waals surface area contributed by atoms with Gasteiger partial charge in [0.15, 0.2) is 5.78 Å². The SMILES string of the molecule is CC(=O)OC1CC[C@@]2(C)C(CC[C@]3(C)C2C(=O)C=C2C4[C@@H](C)[C@H](C)CC[C@]4(C)CC[C@]23C)[C@@]1(C)C(=O)NCCO. The molecule has 5 rings (SSSR count). The van der Waals surface area contributed by atoms with Gasteiger partial charge in [0.05, 0.1) is 12.0 Å². The number of carbonyl (C=O) groups is 3. The van der Waals surface area contributed by atoms with Gasteiger partial charge in [-0.1, -0.05) is 47.1 Å². The van der Waals surface area contributed by atoms with Gasteiger partial charge in [-0.2, -0.15) is 0 Å². The van der Waals surface area contributed by atoms with Gasteiger partial charge in [0, 0.05) is 19.4 Å². The van der Waals surface area contributed by atoms with Crippen molar-refractivity contribution in [3.63, 3.8) is 0 Å². The van der Waals surface area contributed by atoms with Crippen LogP contribution in [0.2, 0.25) is 0 Å². The molecule has 4 unspecified atom stereocenters. The van der Waals surface area contributed by atoms with Crippen LogP contribution >= 0.6 is 0 Å². The van der Waals surface area contributed by atoms with Crippen molar-refractivity contribution in [2.75, 3.05) is 13.2 Å². The lowest BCUT2D eigenvalue weighted by Crippen LogP contribution is -2.69. The van der Waals surface area contributed by atoms with E-state index in [1.54, 1.807) is 0 Å². The minimum Gasteiger partial charge on any atom is -0.461 e. The van der Waals surface area contributed by atoms with Crippen molar-refractivity contribution >= 4 is 17.7 Å². The Hall–Kier alpha value is -1.69. The Kier molecular flexibility index (Phi) is 7.20. The van der Waals surface area contributed by atoms with Crippen LogP contribution in [0.4, 0.5) is 0 Å². The average molecular weight is 556 g/mol. The van der Waals surface area contributed by atoms with Crippen LogP contribution in [0.15, 0.2) is 11.6 Å². The second kappa shape index (κ2) is 9.67. The summed E-state index contributed by atoms with van der Waals surface area (Å²) >= 11 is 0. The van der Waals surface area contributed by atoms with E-state index in [1.165, 1.54) is 31.8 Å². The number of aliphatic hydroxyl groups is 1. The van der Waals surface area contributed by atoms with Gasteiger partial charge < -0.3 is 15.2 Å². The second-order valence-electron chi connectivity index (χ2n) is 15.7. The molecule has 0 aromatic rings. The monoisotopic (exact) mass is 555 g/mol. The van der Waals surface area contributed by atoms with Crippen LogP contribution in [0.25, 0.3) is 0 Å². The van der Waals surface area contributed by atoms with Crippen LogP contribution in [-0.2, 0) is 19.1 Å². The predicted molar refractivity (Wildman–Crippen MR) is 155 cm³/mol. The number of fused-ring (bicyclic) bond motifs is 7. The molecule has 0 heterocycles. The molecule has 0 aromatic carbocycles. The van der Waals surface area contributed by atoms with E-state index in [0.29, 0.717) is 24.2 Å². The minimum absolute atomic E-state index is 0.0582. The molecule has 1 amide bonds. The maximum absolute atomic E-state index is 14.6. The van der Waals surface area contributed by atoms with Crippen LogP contribution in [-0.4, -0.2) is 42.0 Å². The quantitative estimate of drug-likeness (QED) is 0.424. The number of aliphatic hydroxyl groups excluding tert-OH is 1. The van der Waals surface area contributed by atoms with Crippen LogP contribution in [0.1, 0.15) is 107 Å². The van der Waals surface area contributed by atoms with Crippen molar-refractivity contribution in [3.8, 4) is 0 Å². The molecule has 0 spiro atoms. The fourth-order valence-corrected chi connectivity index (χ4v) is 11.4. The Labute approximate surface area is 241 Å². The summed E-state index contributed by atoms with van der Waals surface area (Å²) in [4.78, 5) is 40.5. The number of rotatable bonds is 4. The molecule has 5 aliphatic rings. The van der Waals surface area contributed by atoms with Crippen molar-refractivity contribution in [2.45, 2.75) is 113 Å². The first kappa shape index (κ1) is 29.8. The number of hydrogen-bond donors (Lipinski definition) is 2. The Morgan fingerprint density at radius 1 is 1.00 bits per heavy atom. The zero-order chi connectivity index (χ0) is 29.5. The number of hydrogen-bond acceptors (Lipinski definition) is 5. The first-order chi connectivity index (χ1) is 18.6. The zero-order valence-electron chi connectivity index (χ0n) is 26.2. The topological polar surface area (TPSA) is 92.7 Å². The molecule has 6 nitrogen and oxygen atoms in total. The summed E-state index contributed by atoms with van der Waals surface area (Å²) in [5.74, 6) is 1.04. The number of esters is 1. The molecule has 0 saturated heterocycles. The molecule has 4 saturated carbocycles. The van der Waals surface area contributed by atoms with Crippen LogP contribution in [0.5, 0.6) is 0 Å². The molecule has 4 fully saturated rings. The lowest BCUT2D eigenvalue weighted by atomic mass is 9.33. The summed E-state index contributed by atoms with van der Waals surface area (Å²) in [5.41, 5.74) is 0.0492. The highest BCUT2D eigenvalue weighted by Gasteiger charge is 2.72. The molecule has 11 atom stereocenters. The van der Waals surface area contributed by atoms with Crippen molar-refractivity contribution in [1.29, 1.82) is 0 Å². The Morgan fingerprint density at radius 3 is 2.35 bits per heavy atom. The van der Waals surface area contributed by atoms with E-state index >= 15 is 0 Å². The molecule has 0 radical (unpaired) electrons. The third kappa shape index (κ3) is 3.86. The fourth-order valence-electron chi connectivity index (χ4n) is 11.4. The fraction of sp³-hybridized carbons (Fsp3) is 0.853. The molecule has 224 valence electrons. The molecular formula is C34H53NO5. The number of amides is 1. The Morgan fingerprint density at radius 2 is 1.70 bits per heavy atom. The molecule has 6 heteroatoms. The maximum Gasteiger partial charge on any atom is 0.302 e. The van der Waals surface area contributed by atoms with Gasteiger partial charge in [0.1, 0.15) is 6.10 Å². The average Bonchev–Trinajstić information content (AvgIpc) is 2.88. The van der Waals surface area contributed by atoms with Gasteiger partial charge in [-0.3, -0.25) is 14.4 Å². The third-order valence-electron chi connectivity index (χ3n) is 13.9. The summed E-state index contributed by atoms with van der Waals surface area (Å²) in [6.45, 7) is 17.7. The van der Waals surface area contributed by atoms with Crippen molar-refractivity contribution in [1.82, 2.24) is 5.32 Å². The maximum atomic E-state index is 14.6. The van der Waals surface area contributed by atoms with Crippen molar-refractivity contribution in [2.24, 2.45) is 56.7 Å². The van der Waals surface area contributed by atoms with E-state index in [2.05, 4.69) is 52.9 Å². The largest absolute Gasteiger partial charge is 0.461 e. The number of ether oxygens (including phenoxy) is 1. The van der Waals surface area contributed by atoms with Gasteiger partial charge in [-0.15, -0.1) is 0 Å². The third-order valence-corrected chi connectivity index (χ3v) is 13.9. The molecule has 2 N–H and O–H groups in total. The van der Waals surface area contributed by atoms with Crippen LogP contribution in [0.3, 0.4) is 0 Å². The molecular weight excluding hydrogens is 502 g/mol. The van der Waals surface area contributed by atoms with Crippen LogP contribution < -0.4 is 5.32 Å². The number of carbonyl (C=O) groups excluding carboxylic acids is 3. The van der Waals surface area contributed by atoms with E-state index < -0.39 is 16.9 Å². The highest BCUT2D eigenvalue weighted by Crippen LogP contribution is 2.75. The lowest BCUT2D eigenvalue weighted by Gasteiger charge is -2.70. The van der Waals surface area contributed by atoms with Gasteiger partial charge in [0.2, 0.25) is 5.91 Å². The van der Waals surface area contributed by atoms with Gasteiger partial charge in [-0.05, 0) is 110 Å². The Bertz CT molecular complexity index is 1120. The minimum atomic E-state index is -0.973. The number of ketones is 1. The standard InChI is InChI=1S/C34H53NO5/c1-20-9-12-30(4)15-16-32(6)23(27(30)21(20)2)19-24(38)28-31(5)13-11-26(40-22(3)37)34(8,29(39)35-17-18-36)25(31)10-14-33(28,32)7/h19-21,25-28,36H,9-18H2,1-8H3,(H,35,39)/t20-,21+,25?,26?,27?,28?,30-,31+,32-,33-,34-/m1/s1. The van der Waals surface area contributed by atoms with E-state index in [0.717, 1.165) is 25.7 Å². The van der Waals surface area contributed by atoms with E-state index in [1.807, 2.05) is 6.92 Å². The zero-order valence-corrected chi connectivity index (χ0v) is 26.2. The molecule has 0 aliphatic heterocycles. The summed E-state index contributed by atoms with van der Waals surface area (Å²) in [6, 6.07) is 0. The summed E-state index contributed by atoms with van der Waals surface area (Å²) in [6.07, 6.45) is 9.36. The smallest absolute Gasteiger partial charge is 0.302 e. The molecule has 0 bridgehead atoms. The van der Waals surface area contributed by atoms with E-state index in [9.17, 15) is 19.5 Å². The number of nitrogens with one attached hydrogen (secondary N) is 1. The highest BCUT2D eigenvalue weighted by atomic mass is 16.5. The van der Waals surface area contributed by atoms with E-state index in [-0.39, 0.29) is 58.9 Å². The predicted octanol–water partition coefficient (Wildman–Crippen LogP) is 5.86. The van der Waals surface area contributed by atoms with E-state index in [4.69, 9.17) is 4.74 Å². The summed E-state index contributed by atoms with van der Waals surface area (Å²) in [7, 11) is 0. The molecule has 5 aliphatic carbocycles. The first-order valence-electron chi connectivity index (χ1n) is 15.9. The normalized spacial score (nSPS) is 49.9. The molecule has 0 aromatic heterocycles. The highest BCUT2D eigenvalue weighted by molar-refractivity contribution is 5.96. The Balaban J connectivity index is 1.60. The lowest BCUT2D eigenvalue weighted by molar-refractivity contribution is -0.214. The first-order valence-corrected chi connectivity index (χ1v) is 15.9. The van der Waals surface area contributed by atoms with Crippen molar-refractivity contribution in [3.05, 3.63) is 11.6 Å². The van der Waals surface area contributed by atoms with Gasteiger partial charge >= 0.3 is 5.97 Å². The van der Waals surface area contributed by atoms with Gasteiger partial charge in [0.25, 0.3) is 0 Å². The van der Waals surface area contributed by atoms with Crippen molar-refractivity contribution < 1.29 is 24.2 Å². The summed E-state index contributed by atoms with van der Waals surface area (Å²) < 4.78 is 5.83. The van der Waals surface area contributed by atoms with Gasteiger partial charge in [-0.25, -0.2) is 0 Å². The molecule has 40 heavy (non-hydrogen) atoms. The second-order valence-corrected chi connectivity index (χ2v) is 15.7. The number of allylic oxidation sites excluding steroid dienone is 2. The summed E-state index contributed by atoms with van der Waals surface area (Å²) in [5, 5.41) is 12.3.